The minimum Gasteiger partial charge on any atom is -0.310 e. The molecule has 16 heavy (non-hydrogen) atoms. The van der Waals surface area contributed by atoms with E-state index in [9.17, 15) is 4.79 Å². The summed E-state index contributed by atoms with van der Waals surface area (Å²) in [5, 5.41) is 3.20. The Morgan fingerprint density at radius 1 is 1.56 bits per heavy atom. The molecule has 1 atom stereocenters. The van der Waals surface area contributed by atoms with Gasteiger partial charge >= 0.3 is 0 Å². The van der Waals surface area contributed by atoms with Gasteiger partial charge in [0.15, 0.2) is 0 Å². The van der Waals surface area contributed by atoms with Crippen molar-refractivity contribution in [2.24, 2.45) is 0 Å². The minimum absolute atomic E-state index is 0.0369. The highest BCUT2D eigenvalue weighted by atomic mass is 16.1. The lowest BCUT2D eigenvalue weighted by Gasteiger charge is -2.14. The van der Waals surface area contributed by atoms with Crippen LogP contribution in [0.4, 0.5) is 0 Å². The molecule has 0 fully saturated rings. The predicted octanol–water partition coefficient (Wildman–Crippen LogP) is 1.06. The van der Waals surface area contributed by atoms with Crippen molar-refractivity contribution in [3.8, 4) is 12.3 Å². The second-order valence-electron chi connectivity index (χ2n) is 3.78. The lowest BCUT2D eigenvalue weighted by molar-refractivity contribution is 0.571. The van der Waals surface area contributed by atoms with E-state index in [1.165, 1.54) is 0 Å². The van der Waals surface area contributed by atoms with E-state index in [0.29, 0.717) is 24.4 Å². The van der Waals surface area contributed by atoms with Crippen molar-refractivity contribution in [1.82, 2.24) is 15.3 Å². The SMILES string of the molecule is C#CCCNC(C)c1c(C)nc(C)[nH]c1=O. The lowest BCUT2D eigenvalue weighted by atomic mass is 10.1. The highest BCUT2D eigenvalue weighted by molar-refractivity contribution is 5.19. The largest absolute Gasteiger partial charge is 0.310 e. The Morgan fingerprint density at radius 3 is 2.81 bits per heavy atom. The number of rotatable bonds is 4. The molecule has 0 spiro atoms. The van der Waals surface area contributed by atoms with Gasteiger partial charge in [-0.25, -0.2) is 4.98 Å². The van der Waals surface area contributed by atoms with Crippen molar-refractivity contribution in [2.45, 2.75) is 33.2 Å². The van der Waals surface area contributed by atoms with Gasteiger partial charge in [0.1, 0.15) is 5.82 Å². The van der Waals surface area contributed by atoms with Crippen LogP contribution in [-0.4, -0.2) is 16.5 Å². The Labute approximate surface area is 95.5 Å². The molecule has 1 aromatic heterocycles. The summed E-state index contributed by atoms with van der Waals surface area (Å²) < 4.78 is 0. The molecule has 0 aliphatic carbocycles. The molecule has 86 valence electrons. The third-order valence-corrected chi connectivity index (χ3v) is 2.42. The number of terminal acetylenes is 1. The van der Waals surface area contributed by atoms with Crippen molar-refractivity contribution >= 4 is 0 Å². The van der Waals surface area contributed by atoms with Gasteiger partial charge in [-0.15, -0.1) is 12.3 Å². The van der Waals surface area contributed by atoms with E-state index in [0.717, 1.165) is 5.69 Å². The number of hydrogen-bond donors (Lipinski definition) is 2. The third-order valence-electron chi connectivity index (χ3n) is 2.42. The molecule has 0 aromatic carbocycles. The van der Waals surface area contributed by atoms with Gasteiger partial charge in [0, 0.05) is 24.7 Å². The van der Waals surface area contributed by atoms with Gasteiger partial charge in [-0.1, -0.05) is 0 Å². The summed E-state index contributed by atoms with van der Waals surface area (Å²) in [5.41, 5.74) is 1.37. The zero-order valence-corrected chi connectivity index (χ0v) is 9.92. The molecule has 2 N–H and O–H groups in total. The number of aryl methyl sites for hydroxylation is 2. The Bertz CT molecular complexity index is 456. The van der Waals surface area contributed by atoms with Gasteiger partial charge in [0.25, 0.3) is 5.56 Å². The monoisotopic (exact) mass is 219 g/mol. The normalized spacial score (nSPS) is 12.1. The first-order chi connectivity index (χ1) is 7.56. The molecule has 1 heterocycles. The number of hydrogen-bond acceptors (Lipinski definition) is 3. The fourth-order valence-electron chi connectivity index (χ4n) is 1.71. The lowest BCUT2D eigenvalue weighted by Crippen LogP contribution is -2.28. The molecule has 4 heteroatoms. The zero-order chi connectivity index (χ0) is 12.1. The van der Waals surface area contributed by atoms with E-state index in [4.69, 9.17) is 6.42 Å². The molecular weight excluding hydrogens is 202 g/mol. The molecule has 0 amide bonds. The molecule has 1 rings (SSSR count). The zero-order valence-electron chi connectivity index (χ0n) is 9.92. The summed E-state index contributed by atoms with van der Waals surface area (Å²) in [4.78, 5) is 18.7. The Balaban J connectivity index is 2.88. The van der Waals surface area contributed by atoms with Crippen LogP contribution >= 0.6 is 0 Å². The van der Waals surface area contributed by atoms with E-state index in [1.807, 2.05) is 13.8 Å². The van der Waals surface area contributed by atoms with Crippen LogP contribution in [0, 0.1) is 26.2 Å². The van der Waals surface area contributed by atoms with Gasteiger partial charge < -0.3 is 10.3 Å². The van der Waals surface area contributed by atoms with Crippen LogP contribution in [0.25, 0.3) is 0 Å². The fourth-order valence-corrected chi connectivity index (χ4v) is 1.71. The van der Waals surface area contributed by atoms with Crippen LogP contribution in [0.15, 0.2) is 4.79 Å². The topological polar surface area (TPSA) is 57.8 Å². The molecule has 1 unspecified atom stereocenters. The number of aromatic amines is 1. The smallest absolute Gasteiger partial charge is 0.255 e. The highest BCUT2D eigenvalue weighted by Gasteiger charge is 2.13. The standard InChI is InChI=1S/C12H17N3O/c1-5-6-7-13-8(2)11-9(3)14-10(4)15-12(11)16/h1,8,13H,6-7H2,2-4H3,(H,14,15,16). The average Bonchev–Trinajstić information content (AvgIpc) is 2.16. The van der Waals surface area contributed by atoms with Gasteiger partial charge in [-0.3, -0.25) is 4.79 Å². The van der Waals surface area contributed by atoms with Crippen molar-refractivity contribution < 1.29 is 0 Å². The maximum atomic E-state index is 11.8. The maximum absolute atomic E-state index is 11.8. The Hall–Kier alpha value is -1.60. The number of nitrogens with one attached hydrogen (secondary N) is 2. The fraction of sp³-hybridized carbons (Fsp3) is 0.500. The van der Waals surface area contributed by atoms with E-state index < -0.39 is 0 Å². The molecular formula is C12H17N3O. The highest BCUT2D eigenvalue weighted by Crippen LogP contribution is 2.10. The summed E-state index contributed by atoms with van der Waals surface area (Å²) in [5.74, 6) is 3.19. The molecule has 0 saturated carbocycles. The third kappa shape index (κ3) is 2.94. The molecule has 0 bridgehead atoms. The summed E-state index contributed by atoms with van der Waals surface area (Å²) in [6.07, 6.45) is 5.82. The number of aromatic nitrogens is 2. The van der Waals surface area contributed by atoms with E-state index in [1.54, 1.807) is 6.92 Å². The first-order valence-corrected chi connectivity index (χ1v) is 5.30. The summed E-state index contributed by atoms with van der Waals surface area (Å²) in [6.45, 7) is 6.25. The quantitative estimate of drug-likeness (QED) is 0.588. The number of nitrogens with zero attached hydrogens (tertiary/aromatic N) is 1. The van der Waals surface area contributed by atoms with Crippen LogP contribution in [0.5, 0.6) is 0 Å². The Kier molecular flexibility index (Phi) is 4.27. The molecule has 0 aliphatic rings. The minimum atomic E-state index is -0.0780. The van der Waals surface area contributed by atoms with Crippen LogP contribution in [0.1, 0.15) is 36.5 Å². The van der Waals surface area contributed by atoms with Gasteiger partial charge in [0.05, 0.1) is 5.56 Å². The Morgan fingerprint density at radius 2 is 2.25 bits per heavy atom. The second kappa shape index (κ2) is 5.47. The number of H-pyrrole nitrogens is 1. The van der Waals surface area contributed by atoms with Crippen molar-refractivity contribution in [2.75, 3.05) is 6.54 Å². The van der Waals surface area contributed by atoms with Crippen LogP contribution in [0.3, 0.4) is 0 Å². The van der Waals surface area contributed by atoms with Crippen LogP contribution in [0.2, 0.25) is 0 Å². The van der Waals surface area contributed by atoms with Crippen LogP contribution < -0.4 is 10.9 Å². The predicted molar refractivity (Wildman–Crippen MR) is 64.2 cm³/mol. The molecule has 1 aromatic rings. The summed E-state index contributed by atoms with van der Waals surface area (Å²) >= 11 is 0. The van der Waals surface area contributed by atoms with Crippen molar-refractivity contribution in [1.29, 1.82) is 0 Å². The average molecular weight is 219 g/mol. The van der Waals surface area contributed by atoms with Gasteiger partial charge in [-0.05, 0) is 20.8 Å². The van der Waals surface area contributed by atoms with Crippen LogP contribution in [-0.2, 0) is 0 Å². The van der Waals surface area contributed by atoms with E-state index in [2.05, 4.69) is 21.2 Å². The van der Waals surface area contributed by atoms with E-state index in [-0.39, 0.29) is 11.6 Å². The first kappa shape index (κ1) is 12.5. The molecule has 0 aliphatic heterocycles. The molecule has 0 radical (unpaired) electrons. The maximum Gasteiger partial charge on any atom is 0.255 e. The van der Waals surface area contributed by atoms with Gasteiger partial charge in [0.2, 0.25) is 0 Å². The summed E-state index contributed by atoms with van der Waals surface area (Å²) in [6, 6.07) is -0.0369. The second-order valence-corrected chi connectivity index (χ2v) is 3.78. The first-order valence-electron chi connectivity index (χ1n) is 5.30. The molecule has 4 nitrogen and oxygen atoms in total. The van der Waals surface area contributed by atoms with E-state index >= 15 is 0 Å². The molecule has 0 saturated heterocycles. The van der Waals surface area contributed by atoms with Gasteiger partial charge in [-0.2, -0.15) is 0 Å². The summed E-state index contributed by atoms with van der Waals surface area (Å²) in [7, 11) is 0. The van der Waals surface area contributed by atoms with Crippen molar-refractivity contribution in [3.05, 3.63) is 27.4 Å². The van der Waals surface area contributed by atoms with Crippen molar-refractivity contribution in [3.63, 3.8) is 0 Å².